The van der Waals surface area contributed by atoms with E-state index < -0.39 is 46.2 Å². The molecule has 0 saturated carbocycles. The van der Waals surface area contributed by atoms with Gasteiger partial charge in [0.1, 0.15) is 17.3 Å². The number of amides is 1. The number of nitrogens with two attached hydrogens (primary N) is 1. The molecule has 230 valence electrons. The Hall–Kier alpha value is -3.97. The van der Waals surface area contributed by atoms with E-state index in [4.69, 9.17) is 10.5 Å². The molecule has 1 aromatic carbocycles. The van der Waals surface area contributed by atoms with Crippen LogP contribution in [0.5, 0.6) is 0 Å². The molecule has 5 rings (SSSR count). The SMILES string of the molecule is C[C@@H]1CN(c2ccc(-c3c(F)cc(N4C[C@@H](C)N(C)[C@@H](C)C4)c(-n4cc(C(N)=O)c(C(F)F)cc4=O)c3F)cn2)CCO1. The zero-order chi connectivity index (χ0) is 31.2. The van der Waals surface area contributed by atoms with Crippen molar-refractivity contribution in [3.63, 3.8) is 0 Å². The zero-order valence-electron chi connectivity index (χ0n) is 24.4. The molecule has 2 aromatic heterocycles. The third-order valence-corrected chi connectivity index (χ3v) is 8.30. The molecule has 13 heteroatoms. The lowest BCUT2D eigenvalue weighted by Crippen LogP contribution is -2.55. The minimum absolute atomic E-state index is 0.000272. The number of hydrogen-bond acceptors (Lipinski definition) is 7. The molecule has 3 aromatic rings. The number of pyridine rings is 2. The lowest BCUT2D eigenvalue weighted by atomic mass is 10.0. The van der Waals surface area contributed by atoms with Gasteiger partial charge in [0, 0.05) is 73.9 Å². The summed E-state index contributed by atoms with van der Waals surface area (Å²) in [4.78, 5) is 35.7. The minimum Gasteiger partial charge on any atom is -0.375 e. The van der Waals surface area contributed by atoms with E-state index in [0.717, 1.165) is 16.8 Å². The number of halogens is 4. The fourth-order valence-corrected chi connectivity index (χ4v) is 5.79. The van der Waals surface area contributed by atoms with Crippen LogP contribution >= 0.6 is 0 Å². The summed E-state index contributed by atoms with van der Waals surface area (Å²) in [7, 11) is 1.94. The molecule has 2 saturated heterocycles. The fraction of sp³-hybridized carbons (Fsp3) is 0.433. The average Bonchev–Trinajstić information content (AvgIpc) is 2.95. The number of piperazine rings is 1. The number of aromatic nitrogens is 2. The van der Waals surface area contributed by atoms with Crippen molar-refractivity contribution in [1.29, 1.82) is 0 Å². The van der Waals surface area contributed by atoms with E-state index >= 15 is 8.78 Å². The van der Waals surface area contributed by atoms with Crippen LogP contribution < -0.4 is 21.1 Å². The number of morpholine rings is 1. The van der Waals surface area contributed by atoms with Gasteiger partial charge in [-0.15, -0.1) is 0 Å². The summed E-state index contributed by atoms with van der Waals surface area (Å²) in [6.07, 6.45) is -1.02. The van der Waals surface area contributed by atoms with Gasteiger partial charge in [0.2, 0.25) is 0 Å². The fourth-order valence-electron chi connectivity index (χ4n) is 5.79. The van der Waals surface area contributed by atoms with Crippen LogP contribution in [0.4, 0.5) is 29.1 Å². The second kappa shape index (κ2) is 12.0. The molecule has 0 radical (unpaired) electrons. The third kappa shape index (κ3) is 5.83. The zero-order valence-corrected chi connectivity index (χ0v) is 24.4. The summed E-state index contributed by atoms with van der Waals surface area (Å²) < 4.78 is 66.3. The maximum Gasteiger partial charge on any atom is 0.264 e. The number of alkyl halides is 2. The van der Waals surface area contributed by atoms with Crippen LogP contribution in [0, 0.1) is 11.6 Å². The van der Waals surface area contributed by atoms with Gasteiger partial charge in [0.15, 0.2) is 5.82 Å². The monoisotopic (exact) mass is 602 g/mol. The van der Waals surface area contributed by atoms with Gasteiger partial charge in [0.25, 0.3) is 17.9 Å². The highest BCUT2D eigenvalue weighted by Crippen LogP contribution is 2.38. The molecule has 3 atom stereocenters. The lowest BCUT2D eigenvalue weighted by molar-refractivity contribution is 0.0529. The topological polar surface area (TPSA) is 96.9 Å². The Labute approximate surface area is 246 Å². The van der Waals surface area contributed by atoms with Crippen LogP contribution in [0.15, 0.2) is 41.5 Å². The highest BCUT2D eigenvalue weighted by molar-refractivity contribution is 5.94. The van der Waals surface area contributed by atoms with Gasteiger partial charge in [-0.1, -0.05) is 0 Å². The molecular weight excluding hydrogens is 568 g/mol. The molecule has 2 aliphatic heterocycles. The Morgan fingerprint density at radius 1 is 1.07 bits per heavy atom. The Morgan fingerprint density at radius 2 is 1.77 bits per heavy atom. The number of primary amides is 1. The maximum absolute atomic E-state index is 16.7. The molecule has 2 aliphatic rings. The number of carbonyl (C=O) groups is 1. The summed E-state index contributed by atoms with van der Waals surface area (Å²) in [6.45, 7) is 8.33. The molecule has 2 N–H and O–H groups in total. The van der Waals surface area contributed by atoms with Gasteiger partial charge < -0.3 is 20.3 Å². The molecule has 1 amide bonds. The highest BCUT2D eigenvalue weighted by atomic mass is 19.3. The molecular formula is C30H34F4N6O3. The molecule has 2 fully saturated rings. The van der Waals surface area contributed by atoms with Gasteiger partial charge >= 0.3 is 0 Å². The van der Waals surface area contributed by atoms with Crippen molar-refractivity contribution in [2.24, 2.45) is 5.73 Å². The van der Waals surface area contributed by atoms with E-state index in [0.29, 0.717) is 44.7 Å². The first-order valence-electron chi connectivity index (χ1n) is 14.0. The van der Waals surface area contributed by atoms with Gasteiger partial charge in [-0.3, -0.25) is 19.1 Å². The Kier molecular flexibility index (Phi) is 8.48. The van der Waals surface area contributed by atoms with E-state index in [1.807, 2.05) is 32.7 Å². The quantitative estimate of drug-likeness (QED) is 0.427. The van der Waals surface area contributed by atoms with Crippen molar-refractivity contribution < 1.29 is 27.1 Å². The minimum atomic E-state index is -3.17. The second-order valence-corrected chi connectivity index (χ2v) is 11.2. The number of hydrogen-bond donors (Lipinski definition) is 1. The predicted molar refractivity (Wildman–Crippen MR) is 155 cm³/mol. The molecule has 0 bridgehead atoms. The first-order valence-corrected chi connectivity index (χ1v) is 14.0. The van der Waals surface area contributed by atoms with E-state index in [1.54, 1.807) is 11.0 Å². The number of benzene rings is 1. The maximum atomic E-state index is 16.7. The first kappa shape index (κ1) is 30.5. The summed E-state index contributed by atoms with van der Waals surface area (Å²) in [6, 6.07) is 4.85. The van der Waals surface area contributed by atoms with E-state index in [1.165, 1.54) is 12.3 Å². The predicted octanol–water partition coefficient (Wildman–Crippen LogP) is 3.97. The highest BCUT2D eigenvalue weighted by Gasteiger charge is 2.32. The van der Waals surface area contributed by atoms with Crippen molar-refractivity contribution in [2.75, 3.05) is 49.6 Å². The van der Waals surface area contributed by atoms with Crippen molar-refractivity contribution >= 4 is 17.4 Å². The van der Waals surface area contributed by atoms with Crippen molar-refractivity contribution in [1.82, 2.24) is 14.5 Å². The third-order valence-electron chi connectivity index (χ3n) is 8.30. The van der Waals surface area contributed by atoms with Crippen LogP contribution in [0.25, 0.3) is 16.8 Å². The molecule has 43 heavy (non-hydrogen) atoms. The summed E-state index contributed by atoms with van der Waals surface area (Å²) in [5, 5.41) is 0. The molecule has 9 nitrogen and oxygen atoms in total. The van der Waals surface area contributed by atoms with Crippen LogP contribution in [-0.2, 0) is 4.74 Å². The number of likely N-dealkylation sites (N-methyl/N-ethyl adjacent to an activating group) is 1. The van der Waals surface area contributed by atoms with Crippen LogP contribution in [0.1, 0.15) is 43.1 Å². The van der Waals surface area contributed by atoms with E-state index in [2.05, 4.69) is 9.88 Å². The largest absolute Gasteiger partial charge is 0.375 e. The average molecular weight is 603 g/mol. The Morgan fingerprint density at radius 3 is 2.35 bits per heavy atom. The van der Waals surface area contributed by atoms with Gasteiger partial charge in [0.05, 0.1) is 29.5 Å². The number of ether oxygens (including phenoxy) is 1. The number of rotatable bonds is 6. The molecule has 0 spiro atoms. The van der Waals surface area contributed by atoms with Crippen LogP contribution in [0.2, 0.25) is 0 Å². The molecule has 0 unspecified atom stereocenters. The van der Waals surface area contributed by atoms with Crippen molar-refractivity contribution in [3.8, 4) is 16.8 Å². The Balaban J connectivity index is 1.69. The van der Waals surface area contributed by atoms with E-state index in [-0.39, 0.29) is 35.1 Å². The van der Waals surface area contributed by atoms with Crippen molar-refractivity contribution in [3.05, 3.63) is 69.8 Å². The number of nitrogens with zero attached hydrogens (tertiary/aromatic N) is 5. The van der Waals surface area contributed by atoms with Gasteiger partial charge in [-0.05, 0) is 40.0 Å². The smallest absolute Gasteiger partial charge is 0.264 e. The van der Waals surface area contributed by atoms with Crippen molar-refractivity contribution in [2.45, 2.75) is 45.4 Å². The summed E-state index contributed by atoms with van der Waals surface area (Å²) >= 11 is 0. The van der Waals surface area contributed by atoms with Gasteiger partial charge in [-0.2, -0.15) is 0 Å². The Bertz CT molecular complexity index is 1570. The van der Waals surface area contributed by atoms with E-state index in [9.17, 15) is 18.4 Å². The second-order valence-electron chi connectivity index (χ2n) is 11.2. The lowest BCUT2D eigenvalue weighted by Gasteiger charge is -2.44. The van der Waals surface area contributed by atoms with Crippen LogP contribution in [-0.4, -0.2) is 78.4 Å². The number of carbonyl (C=O) groups excluding carboxylic acids is 1. The van der Waals surface area contributed by atoms with Gasteiger partial charge in [-0.25, -0.2) is 22.5 Å². The summed E-state index contributed by atoms with van der Waals surface area (Å²) in [5.41, 5.74) is 2.17. The van der Waals surface area contributed by atoms with Crippen LogP contribution in [0.3, 0.4) is 0 Å². The summed E-state index contributed by atoms with van der Waals surface area (Å²) in [5.74, 6) is -2.60. The first-order chi connectivity index (χ1) is 20.4. The standard InChI is InChI=1S/C30H34F4N6O3/c1-16-12-39(13-17(2)37(16)4)23-10-22(31)26(19-5-6-24(36-11-19)38-7-8-43-18(3)14-38)27(32)28(23)40-15-21(30(35)42)20(29(33)34)9-25(40)41/h5-6,9-11,15-18,29H,7-8,12-14H2,1-4H3,(H2,35,42)/t16-,17+,18-/m1/s1. The number of anilines is 2. The normalized spacial score (nSPS) is 21.5. The molecule has 4 heterocycles. The molecule has 0 aliphatic carbocycles.